The molecule has 1 aromatic rings. The summed E-state index contributed by atoms with van der Waals surface area (Å²) in [5, 5.41) is 4.01. The Balaban J connectivity index is 2.27. The highest BCUT2D eigenvalue weighted by molar-refractivity contribution is 6.38. The van der Waals surface area contributed by atoms with Gasteiger partial charge in [0, 0.05) is 5.02 Å². The van der Waals surface area contributed by atoms with Crippen molar-refractivity contribution >= 4 is 34.9 Å². The lowest BCUT2D eigenvalue weighted by Crippen LogP contribution is -2.25. The van der Waals surface area contributed by atoms with Gasteiger partial charge in [0.05, 0.1) is 24.7 Å². The summed E-state index contributed by atoms with van der Waals surface area (Å²) in [5.74, 6) is -1.94. The number of carbonyl (C=O) groups excluding carboxylic acids is 2. The van der Waals surface area contributed by atoms with Gasteiger partial charge < -0.3 is 14.9 Å². The van der Waals surface area contributed by atoms with Crippen LogP contribution in [-0.4, -0.2) is 19.0 Å². The van der Waals surface area contributed by atoms with Crippen LogP contribution in [0.2, 0.25) is 5.02 Å². The monoisotopic (exact) mass is 284 g/mol. The van der Waals surface area contributed by atoms with Gasteiger partial charge in [-0.3, -0.25) is 4.79 Å². The number of esters is 1. The Morgan fingerprint density at radius 1 is 1.42 bits per heavy atom. The van der Waals surface area contributed by atoms with Gasteiger partial charge in [-0.25, -0.2) is 4.79 Å². The zero-order chi connectivity index (χ0) is 13.8. The molecule has 100 valence electrons. The molecule has 0 unspecified atom stereocenters. The molecule has 0 fully saturated rings. The molecule has 1 aliphatic rings. The van der Waals surface area contributed by atoms with Crippen LogP contribution >= 0.6 is 11.6 Å². The van der Waals surface area contributed by atoms with Crippen LogP contribution in [0.4, 0.5) is 11.4 Å². The number of rotatable bonds is 2. The minimum atomic E-state index is -1.01. The third-order valence-corrected chi connectivity index (χ3v) is 2.43. The number of nitrogens with one attached hydrogen (secondary N) is 1. The van der Waals surface area contributed by atoms with Crippen LogP contribution < -0.4 is 10.4 Å². The van der Waals surface area contributed by atoms with Crippen LogP contribution in [-0.2, 0) is 24.2 Å². The number of anilines is 2. The Labute approximate surface area is 113 Å². The Bertz CT molecular complexity index is 546. The van der Waals surface area contributed by atoms with Gasteiger partial charge in [0.1, 0.15) is 0 Å². The number of amides is 1. The highest BCUT2D eigenvalue weighted by atomic mass is 35.5. The van der Waals surface area contributed by atoms with E-state index in [2.05, 4.69) is 14.9 Å². The second-order valence-corrected chi connectivity index (χ2v) is 3.83. The second kappa shape index (κ2) is 5.59. The second-order valence-electron chi connectivity index (χ2n) is 3.39. The van der Waals surface area contributed by atoms with Gasteiger partial charge in [-0.1, -0.05) is 16.6 Å². The molecule has 0 saturated heterocycles. The van der Waals surface area contributed by atoms with Gasteiger partial charge in [-0.2, -0.15) is 5.06 Å². The number of carbonyl (C=O) groups is 2. The van der Waals surface area contributed by atoms with Gasteiger partial charge in [0.2, 0.25) is 0 Å². The van der Waals surface area contributed by atoms with E-state index in [4.69, 9.17) is 16.6 Å². The summed E-state index contributed by atoms with van der Waals surface area (Å²) in [5.41, 5.74) is 0.716. The molecule has 0 saturated carbocycles. The number of hydrogen-bond acceptors (Lipinski definition) is 6. The van der Waals surface area contributed by atoms with E-state index in [0.717, 1.165) is 7.11 Å². The maximum atomic E-state index is 11.5. The first-order valence-corrected chi connectivity index (χ1v) is 5.48. The minimum absolute atomic E-state index is 0.276. The first-order chi connectivity index (χ1) is 9.11. The summed E-state index contributed by atoms with van der Waals surface area (Å²) < 4.78 is 4.31. The third-order valence-electron chi connectivity index (χ3n) is 2.19. The summed E-state index contributed by atoms with van der Waals surface area (Å²) in [6, 6.07) is 4.65. The molecule has 2 rings (SSSR count). The molecule has 19 heavy (non-hydrogen) atoms. The number of hydroxylamine groups is 1. The molecule has 0 aliphatic carbocycles. The molecule has 1 heterocycles. The van der Waals surface area contributed by atoms with E-state index in [1.54, 1.807) is 12.1 Å². The first-order valence-electron chi connectivity index (χ1n) is 5.10. The molecule has 0 aromatic heterocycles. The zero-order valence-corrected chi connectivity index (χ0v) is 10.5. The molecular weight excluding hydrogens is 276 g/mol. The van der Waals surface area contributed by atoms with E-state index in [0.29, 0.717) is 10.7 Å². The van der Waals surface area contributed by atoms with Gasteiger partial charge in [-0.15, -0.1) is 0 Å². The highest BCUT2D eigenvalue weighted by Crippen LogP contribution is 2.31. The van der Waals surface area contributed by atoms with Crippen LogP contribution in [0.3, 0.4) is 0 Å². The van der Waals surface area contributed by atoms with Gasteiger partial charge in [-0.05, 0) is 18.2 Å². The van der Waals surface area contributed by atoms with Crippen molar-refractivity contribution in [3.8, 4) is 0 Å². The SMILES string of the molecule is COC(=O)C(=O)Nc1cc(Cl)ccc1N1C=COO1. The molecule has 1 aliphatic heterocycles. The molecule has 7 nitrogen and oxygen atoms in total. The predicted molar refractivity (Wildman–Crippen MR) is 65.9 cm³/mol. The Hall–Kier alpha value is -2.25. The van der Waals surface area contributed by atoms with Gasteiger partial charge in [0.15, 0.2) is 6.26 Å². The average molecular weight is 285 g/mol. The molecule has 0 atom stereocenters. The molecule has 0 bridgehead atoms. The number of halogens is 1. The summed E-state index contributed by atoms with van der Waals surface area (Å²) in [6.07, 6.45) is 2.79. The zero-order valence-electron chi connectivity index (χ0n) is 9.75. The quantitative estimate of drug-likeness (QED) is 0.505. The molecular formula is C11H9ClN2O5. The van der Waals surface area contributed by atoms with Gasteiger partial charge >= 0.3 is 11.9 Å². The molecule has 1 aromatic carbocycles. The van der Waals surface area contributed by atoms with Crippen LogP contribution in [0.1, 0.15) is 0 Å². The van der Waals surface area contributed by atoms with Crippen LogP contribution in [0, 0.1) is 0 Å². The van der Waals surface area contributed by atoms with Crippen LogP contribution in [0.5, 0.6) is 0 Å². The molecule has 1 amide bonds. The largest absolute Gasteiger partial charge is 0.462 e. The summed E-state index contributed by atoms with van der Waals surface area (Å²) >= 11 is 5.84. The van der Waals surface area contributed by atoms with Crippen molar-refractivity contribution in [2.24, 2.45) is 0 Å². The normalized spacial score (nSPS) is 13.1. The number of methoxy groups -OCH3 is 1. The summed E-state index contributed by atoms with van der Waals surface area (Å²) in [7, 11) is 1.11. The smallest absolute Gasteiger partial charge is 0.396 e. The number of benzene rings is 1. The van der Waals surface area contributed by atoms with Crippen molar-refractivity contribution in [2.45, 2.75) is 0 Å². The summed E-state index contributed by atoms with van der Waals surface area (Å²) in [6.45, 7) is 0. The molecule has 1 N–H and O–H groups in total. The van der Waals surface area contributed by atoms with Crippen LogP contribution in [0.25, 0.3) is 0 Å². The van der Waals surface area contributed by atoms with E-state index in [-0.39, 0.29) is 5.69 Å². The topological polar surface area (TPSA) is 77.1 Å². The molecule has 0 spiro atoms. The number of nitrogens with zero attached hydrogens (tertiary/aromatic N) is 1. The Morgan fingerprint density at radius 2 is 2.21 bits per heavy atom. The van der Waals surface area contributed by atoms with E-state index in [9.17, 15) is 9.59 Å². The van der Waals surface area contributed by atoms with Crippen molar-refractivity contribution in [3.05, 3.63) is 35.7 Å². The van der Waals surface area contributed by atoms with Crippen LogP contribution in [0.15, 0.2) is 30.7 Å². The number of ether oxygens (including phenoxy) is 1. The van der Waals surface area contributed by atoms with Crippen molar-refractivity contribution in [1.82, 2.24) is 0 Å². The average Bonchev–Trinajstić information content (AvgIpc) is 2.91. The fourth-order valence-electron chi connectivity index (χ4n) is 1.36. The Kier molecular flexibility index (Phi) is 3.88. The van der Waals surface area contributed by atoms with Crippen molar-refractivity contribution in [1.29, 1.82) is 0 Å². The van der Waals surface area contributed by atoms with E-state index >= 15 is 0 Å². The third kappa shape index (κ3) is 2.95. The maximum absolute atomic E-state index is 11.5. The van der Waals surface area contributed by atoms with Crippen molar-refractivity contribution in [3.63, 3.8) is 0 Å². The fraction of sp³-hybridized carbons (Fsp3) is 0.0909. The van der Waals surface area contributed by atoms with E-state index in [1.165, 1.54) is 23.6 Å². The number of hydrogen-bond donors (Lipinski definition) is 1. The van der Waals surface area contributed by atoms with Crippen molar-refractivity contribution in [2.75, 3.05) is 17.5 Å². The lowest BCUT2D eigenvalue weighted by molar-refractivity contribution is -0.233. The molecule has 0 radical (unpaired) electrons. The lowest BCUT2D eigenvalue weighted by Gasteiger charge is -2.16. The molecule has 8 heteroatoms. The lowest BCUT2D eigenvalue weighted by atomic mass is 10.2. The first kappa shape index (κ1) is 13.2. The standard InChI is InChI=1S/C11H9ClN2O5/c1-17-11(16)10(15)13-8-6-7(12)2-3-9(8)14-4-5-18-19-14/h2-6H,1H3,(H,13,15). The highest BCUT2D eigenvalue weighted by Gasteiger charge is 2.20. The van der Waals surface area contributed by atoms with Crippen molar-refractivity contribution < 1.29 is 24.2 Å². The maximum Gasteiger partial charge on any atom is 0.396 e. The predicted octanol–water partition coefficient (Wildman–Crippen LogP) is 1.61. The Morgan fingerprint density at radius 3 is 2.84 bits per heavy atom. The minimum Gasteiger partial charge on any atom is -0.462 e. The fourth-order valence-corrected chi connectivity index (χ4v) is 1.54. The van der Waals surface area contributed by atoms with Gasteiger partial charge in [0.25, 0.3) is 0 Å². The van der Waals surface area contributed by atoms with E-state index in [1.807, 2.05) is 0 Å². The summed E-state index contributed by atoms with van der Waals surface area (Å²) in [4.78, 5) is 31.9. The van der Waals surface area contributed by atoms with E-state index < -0.39 is 11.9 Å².